The third-order valence-corrected chi connectivity index (χ3v) is 4.27. The van der Waals surface area contributed by atoms with E-state index in [1.165, 1.54) is 12.1 Å². The Kier molecular flexibility index (Phi) is 4.62. The van der Waals surface area contributed by atoms with Gasteiger partial charge >= 0.3 is 0 Å². The number of primary amides is 1. The van der Waals surface area contributed by atoms with Gasteiger partial charge in [-0.05, 0) is 24.6 Å². The number of benzene rings is 1. The van der Waals surface area contributed by atoms with Crippen molar-refractivity contribution in [2.24, 2.45) is 5.73 Å². The van der Waals surface area contributed by atoms with Crippen molar-refractivity contribution in [3.05, 3.63) is 29.8 Å². The fourth-order valence-electron chi connectivity index (χ4n) is 1.97. The fourth-order valence-corrected chi connectivity index (χ4v) is 2.84. The van der Waals surface area contributed by atoms with E-state index in [-0.39, 0.29) is 27.8 Å². The molecule has 2 rings (SSSR count). The Bertz CT molecular complexity index is 816. The summed E-state index contributed by atoms with van der Waals surface area (Å²) in [5.74, 6) is -0.461. The summed E-state index contributed by atoms with van der Waals surface area (Å²) in [4.78, 5) is 15.4. The SMILES string of the molecule is CC(Sc1nc(N)c(N)c(-c2cccc(O)c2)c1C#N)C(N)=O. The summed E-state index contributed by atoms with van der Waals surface area (Å²) in [5, 5.41) is 18.8. The van der Waals surface area contributed by atoms with Crippen molar-refractivity contribution >= 4 is 29.2 Å². The lowest BCUT2D eigenvalue weighted by Crippen LogP contribution is -2.23. The van der Waals surface area contributed by atoms with Crippen LogP contribution in [-0.2, 0) is 4.79 Å². The molecule has 0 spiro atoms. The predicted octanol–water partition coefficient (Wildman–Crippen LogP) is 1.46. The third kappa shape index (κ3) is 3.30. The summed E-state index contributed by atoms with van der Waals surface area (Å²) in [6.45, 7) is 1.61. The summed E-state index contributed by atoms with van der Waals surface area (Å²) in [6.07, 6.45) is 0. The first-order chi connectivity index (χ1) is 10.8. The van der Waals surface area contributed by atoms with Gasteiger partial charge < -0.3 is 22.3 Å². The van der Waals surface area contributed by atoms with E-state index in [9.17, 15) is 15.2 Å². The van der Waals surface area contributed by atoms with Crippen molar-refractivity contribution in [3.63, 3.8) is 0 Å². The smallest absolute Gasteiger partial charge is 0.230 e. The molecule has 0 aliphatic rings. The van der Waals surface area contributed by atoms with Crippen LogP contribution in [-0.4, -0.2) is 21.2 Å². The lowest BCUT2D eigenvalue weighted by Gasteiger charge is -2.15. The minimum Gasteiger partial charge on any atom is -0.508 e. The second kappa shape index (κ2) is 6.46. The number of rotatable bonds is 4. The van der Waals surface area contributed by atoms with Crippen molar-refractivity contribution in [2.75, 3.05) is 11.5 Å². The van der Waals surface area contributed by atoms with E-state index in [1.54, 1.807) is 19.1 Å². The fraction of sp³-hybridized carbons (Fsp3) is 0.133. The largest absolute Gasteiger partial charge is 0.508 e. The van der Waals surface area contributed by atoms with Crippen LogP contribution < -0.4 is 17.2 Å². The van der Waals surface area contributed by atoms with Gasteiger partial charge in [0, 0.05) is 5.56 Å². The third-order valence-electron chi connectivity index (χ3n) is 3.17. The summed E-state index contributed by atoms with van der Waals surface area (Å²) in [6, 6.07) is 8.33. The average Bonchev–Trinajstić information content (AvgIpc) is 2.50. The van der Waals surface area contributed by atoms with Crippen molar-refractivity contribution in [2.45, 2.75) is 17.2 Å². The second-order valence-corrected chi connectivity index (χ2v) is 6.12. The van der Waals surface area contributed by atoms with E-state index in [0.29, 0.717) is 11.1 Å². The van der Waals surface area contributed by atoms with Crippen LogP contribution in [0.25, 0.3) is 11.1 Å². The normalized spacial score (nSPS) is 11.7. The summed E-state index contributed by atoms with van der Waals surface area (Å²) in [5.41, 5.74) is 18.3. The maximum absolute atomic E-state index is 11.3. The maximum Gasteiger partial charge on any atom is 0.230 e. The van der Waals surface area contributed by atoms with Crippen molar-refractivity contribution in [1.29, 1.82) is 5.26 Å². The summed E-state index contributed by atoms with van der Waals surface area (Å²) >= 11 is 1.03. The molecule has 7 N–H and O–H groups in total. The first kappa shape index (κ1) is 16.5. The van der Waals surface area contributed by atoms with Crippen LogP contribution in [0.4, 0.5) is 11.5 Å². The minimum absolute atomic E-state index is 0.0286. The Hall–Kier alpha value is -2.92. The van der Waals surface area contributed by atoms with Gasteiger partial charge in [0.25, 0.3) is 0 Å². The Morgan fingerprint density at radius 1 is 1.43 bits per heavy atom. The molecular formula is C15H15N5O2S. The number of nitrogens with zero attached hydrogens (tertiary/aromatic N) is 2. The van der Waals surface area contributed by atoms with Crippen LogP contribution in [0.2, 0.25) is 0 Å². The van der Waals surface area contributed by atoms with Gasteiger partial charge in [-0.25, -0.2) is 4.98 Å². The van der Waals surface area contributed by atoms with E-state index in [0.717, 1.165) is 11.8 Å². The highest BCUT2D eigenvalue weighted by Gasteiger charge is 2.22. The van der Waals surface area contributed by atoms with Crippen molar-refractivity contribution in [1.82, 2.24) is 4.98 Å². The number of thioether (sulfide) groups is 1. The minimum atomic E-state index is -0.588. The number of anilines is 2. The second-order valence-electron chi connectivity index (χ2n) is 4.79. The quantitative estimate of drug-likeness (QED) is 0.619. The molecule has 1 unspecified atom stereocenters. The number of nitrogen functional groups attached to an aromatic ring is 2. The summed E-state index contributed by atoms with van der Waals surface area (Å²) in [7, 11) is 0. The molecule has 2 aromatic rings. The molecule has 1 aromatic heterocycles. The first-order valence-electron chi connectivity index (χ1n) is 6.59. The zero-order chi connectivity index (χ0) is 17.1. The number of phenolic OH excluding ortho intramolecular Hbond substituents is 1. The molecule has 1 heterocycles. The number of nitriles is 1. The first-order valence-corrected chi connectivity index (χ1v) is 7.47. The number of hydrogen-bond donors (Lipinski definition) is 4. The number of pyridine rings is 1. The molecule has 1 aromatic carbocycles. The van der Waals surface area contributed by atoms with Gasteiger partial charge in [-0.3, -0.25) is 4.79 Å². The van der Waals surface area contributed by atoms with Crippen LogP contribution in [0.5, 0.6) is 5.75 Å². The van der Waals surface area contributed by atoms with Gasteiger partial charge in [0.15, 0.2) is 0 Å². The van der Waals surface area contributed by atoms with Crippen LogP contribution in [0, 0.1) is 11.3 Å². The number of aromatic hydroxyl groups is 1. The highest BCUT2D eigenvalue weighted by atomic mass is 32.2. The monoisotopic (exact) mass is 329 g/mol. The van der Waals surface area contributed by atoms with E-state index in [4.69, 9.17) is 17.2 Å². The molecule has 0 saturated carbocycles. The zero-order valence-electron chi connectivity index (χ0n) is 12.3. The van der Waals surface area contributed by atoms with Gasteiger partial charge in [-0.2, -0.15) is 5.26 Å². The molecule has 0 radical (unpaired) electrons. The molecule has 1 amide bonds. The number of aromatic nitrogens is 1. The number of hydrogen-bond acceptors (Lipinski definition) is 7. The van der Waals surface area contributed by atoms with Gasteiger partial charge in [0.05, 0.1) is 16.5 Å². The van der Waals surface area contributed by atoms with Crippen LogP contribution in [0.3, 0.4) is 0 Å². The number of amides is 1. The Morgan fingerprint density at radius 2 is 2.13 bits per heavy atom. The summed E-state index contributed by atoms with van der Waals surface area (Å²) < 4.78 is 0. The van der Waals surface area contributed by atoms with Gasteiger partial charge in [0.2, 0.25) is 5.91 Å². The van der Waals surface area contributed by atoms with Crippen molar-refractivity contribution < 1.29 is 9.90 Å². The van der Waals surface area contributed by atoms with E-state index < -0.39 is 11.2 Å². The molecule has 0 fully saturated rings. The highest BCUT2D eigenvalue weighted by molar-refractivity contribution is 8.00. The molecule has 7 nitrogen and oxygen atoms in total. The molecule has 0 saturated heterocycles. The van der Waals surface area contributed by atoms with E-state index >= 15 is 0 Å². The topological polar surface area (TPSA) is 152 Å². The van der Waals surface area contributed by atoms with Gasteiger partial charge in [-0.15, -0.1) is 0 Å². The number of nitrogens with two attached hydrogens (primary N) is 3. The molecule has 0 aliphatic carbocycles. The van der Waals surface area contributed by atoms with Gasteiger partial charge in [0.1, 0.15) is 22.7 Å². The number of carbonyl (C=O) groups is 1. The molecule has 1 atom stereocenters. The molecule has 118 valence electrons. The maximum atomic E-state index is 11.3. The van der Waals surface area contributed by atoms with E-state index in [2.05, 4.69) is 4.98 Å². The molecule has 23 heavy (non-hydrogen) atoms. The van der Waals surface area contributed by atoms with E-state index in [1.807, 2.05) is 6.07 Å². The Morgan fingerprint density at radius 3 is 2.70 bits per heavy atom. The average molecular weight is 329 g/mol. The highest BCUT2D eigenvalue weighted by Crippen LogP contribution is 2.39. The lowest BCUT2D eigenvalue weighted by molar-refractivity contribution is -0.117. The molecule has 0 bridgehead atoms. The molecular weight excluding hydrogens is 314 g/mol. The molecule has 8 heteroatoms. The Balaban J connectivity index is 2.69. The number of carbonyl (C=O) groups excluding carboxylic acids is 1. The standard InChI is InChI=1S/C15H15N5O2S/c1-7(14(19)22)23-15-10(6-16)11(12(17)13(18)20-15)8-3-2-4-9(21)5-8/h2-5,7,21H,17H2,1H3,(H2,18,20)(H2,19,22). The van der Waals surface area contributed by atoms with Crippen molar-refractivity contribution in [3.8, 4) is 22.9 Å². The zero-order valence-corrected chi connectivity index (χ0v) is 13.1. The molecule has 0 aliphatic heterocycles. The van der Waals surface area contributed by atoms with Crippen LogP contribution >= 0.6 is 11.8 Å². The predicted molar refractivity (Wildman–Crippen MR) is 89.4 cm³/mol. The lowest BCUT2D eigenvalue weighted by atomic mass is 10.00. The Labute approximate surface area is 137 Å². The van der Waals surface area contributed by atoms with Gasteiger partial charge in [-0.1, -0.05) is 23.9 Å². The van der Waals surface area contributed by atoms with Crippen LogP contribution in [0.15, 0.2) is 29.3 Å². The number of phenols is 1. The van der Waals surface area contributed by atoms with Crippen LogP contribution in [0.1, 0.15) is 12.5 Å².